The van der Waals surface area contributed by atoms with Gasteiger partial charge in [0, 0.05) is 0 Å². The Kier molecular flexibility index (Phi) is 5.82. The van der Waals surface area contributed by atoms with Crippen molar-refractivity contribution in [2.45, 2.75) is 24.9 Å². The number of primary amides is 2. The number of amides is 2. The third-order valence-corrected chi connectivity index (χ3v) is 2.13. The fraction of sp³-hybridized carbons (Fsp3) is 0.750. The van der Waals surface area contributed by atoms with Crippen molar-refractivity contribution in [3.8, 4) is 0 Å². The van der Waals surface area contributed by atoms with Gasteiger partial charge in [-0.05, 0) is 26.9 Å². The van der Waals surface area contributed by atoms with Gasteiger partial charge in [-0.3, -0.25) is 9.59 Å². The van der Waals surface area contributed by atoms with Gasteiger partial charge in [0.1, 0.15) is 0 Å². The molecule has 6 nitrogen and oxygen atoms in total. The lowest BCUT2D eigenvalue weighted by atomic mass is 10.1. The monoisotopic (exact) mass is 202 g/mol. The van der Waals surface area contributed by atoms with Gasteiger partial charge in [-0.1, -0.05) is 0 Å². The number of hydrogen-bond donors (Lipinski definition) is 4. The Morgan fingerprint density at radius 2 is 1.29 bits per heavy atom. The third-order valence-electron chi connectivity index (χ3n) is 2.13. The molecule has 0 saturated carbocycles. The van der Waals surface area contributed by atoms with Crippen LogP contribution in [0.25, 0.3) is 0 Å². The normalized spacial score (nSPS) is 14.7. The van der Waals surface area contributed by atoms with Crippen LogP contribution in [0.2, 0.25) is 0 Å². The first-order valence-electron chi connectivity index (χ1n) is 4.46. The minimum Gasteiger partial charge on any atom is -0.368 e. The number of rotatable bonds is 7. The SMILES string of the molecule is CNC(CCC(NC)C(N)=O)C(N)=O. The molecule has 0 aromatic carbocycles. The van der Waals surface area contributed by atoms with E-state index in [4.69, 9.17) is 11.5 Å². The minimum absolute atomic E-state index is 0.412. The summed E-state index contributed by atoms with van der Waals surface area (Å²) >= 11 is 0. The fourth-order valence-corrected chi connectivity index (χ4v) is 1.19. The molecule has 2 atom stereocenters. The number of nitrogens with one attached hydrogen (secondary N) is 2. The van der Waals surface area contributed by atoms with E-state index in [-0.39, 0.29) is 0 Å². The zero-order valence-corrected chi connectivity index (χ0v) is 8.54. The average molecular weight is 202 g/mol. The third kappa shape index (κ3) is 4.20. The van der Waals surface area contributed by atoms with Crippen molar-refractivity contribution in [2.75, 3.05) is 14.1 Å². The van der Waals surface area contributed by atoms with Crippen molar-refractivity contribution in [1.82, 2.24) is 10.6 Å². The summed E-state index contributed by atoms with van der Waals surface area (Å²) in [5.41, 5.74) is 10.2. The number of carbonyl (C=O) groups excluding carboxylic acids is 2. The first kappa shape index (κ1) is 12.9. The Bertz CT molecular complexity index is 186. The van der Waals surface area contributed by atoms with Gasteiger partial charge in [0.05, 0.1) is 12.1 Å². The average Bonchev–Trinajstić information content (AvgIpc) is 2.11. The fourth-order valence-electron chi connectivity index (χ4n) is 1.19. The molecule has 0 aliphatic carbocycles. The van der Waals surface area contributed by atoms with Gasteiger partial charge in [0.25, 0.3) is 0 Å². The summed E-state index contributed by atoms with van der Waals surface area (Å²) in [4.78, 5) is 21.6. The number of nitrogens with two attached hydrogens (primary N) is 2. The van der Waals surface area contributed by atoms with Gasteiger partial charge >= 0.3 is 0 Å². The van der Waals surface area contributed by atoms with Crippen LogP contribution >= 0.6 is 0 Å². The molecule has 0 spiro atoms. The summed E-state index contributed by atoms with van der Waals surface area (Å²) < 4.78 is 0. The summed E-state index contributed by atoms with van der Waals surface area (Å²) in [6.45, 7) is 0. The molecular weight excluding hydrogens is 184 g/mol. The second-order valence-electron chi connectivity index (χ2n) is 3.06. The van der Waals surface area contributed by atoms with Crippen LogP contribution in [0.4, 0.5) is 0 Å². The topological polar surface area (TPSA) is 110 Å². The van der Waals surface area contributed by atoms with E-state index in [1.54, 1.807) is 14.1 Å². The predicted molar refractivity (Wildman–Crippen MR) is 53.3 cm³/mol. The number of carbonyl (C=O) groups is 2. The van der Waals surface area contributed by atoms with E-state index in [1.165, 1.54) is 0 Å². The highest BCUT2D eigenvalue weighted by molar-refractivity contribution is 5.81. The molecule has 2 unspecified atom stereocenters. The summed E-state index contributed by atoms with van der Waals surface area (Å²) in [5, 5.41) is 5.53. The summed E-state index contributed by atoms with van der Waals surface area (Å²) in [5.74, 6) is -0.848. The molecule has 0 aliphatic heterocycles. The Balaban J connectivity index is 4.00. The molecular formula is C8H18N4O2. The van der Waals surface area contributed by atoms with E-state index < -0.39 is 23.9 Å². The zero-order chi connectivity index (χ0) is 11.1. The van der Waals surface area contributed by atoms with Crippen LogP contribution in [-0.2, 0) is 9.59 Å². The second-order valence-corrected chi connectivity index (χ2v) is 3.06. The molecule has 2 amide bonds. The summed E-state index contributed by atoms with van der Waals surface area (Å²) in [7, 11) is 3.29. The smallest absolute Gasteiger partial charge is 0.234 e. The van der Waals surface area contributed by atoms with E-state index in [1.807, 2.05) is 0 Å². The van der Waals surface area contributed by atoms with Gasteiger partial charge in [-0.15, -0.1) is 0 Å². The van der Waals surface area contributed by atoms with Gasteiger partial charge in [0.2, 0.25) is 11.8 Å². The molecule has 14 heavy (non-hydrogen) atoms. The maximum absolute atomic E-state index is 10.8. The van der Waals surface area contributed by atoms with Crippen LogP contribution in [0.3, 0.4) is 0 Å². The quantitative estimate of drug-likeness (QED) is 0.379. The highest BCUT2D eigenvalue weighted by Crippen LogP contribution is 2.00. The predicted octanol–water partition coefficient (Wildman–Crippen LogP) is -2.09. The van der Waals surface area contributed by atoms with E-state index >= 15 is 0 Å². The molecule has 0 heterocycles. The Morgan fingerprint density at radius 1 is 1.00 bits per heavy atom. The molecule has 0 bridgehead atoms. The van der Waals surface area contributed by atoms with E-state index in [9.17, 15) is 9.59 Å². The highest BCUT2D eigenvalue weighted by atomic mass is 16.2. The highest BCUT2D eigenvalue weighted by Gasteiger charge is 2.18. The standard InChI is InChI=1S/C8H18N4O2/c1-11-5(7(9)13)3-4-6(12-2)8(10)14/h5-6,11-12H,3-4H2,1-2H3,(H2,9,13)(H2,10,14). The maximum Gasteiger partial charge on any atom is 0.234 e. The summed E-state index contributed by atoms with van der Waals surface area (Å²) in [6.07, 6.45) is 0.973. The lowest BCUT2D eigenvalue weighted by Gasteiger charge is -2.16. The van der Waals surface area contributed by atoms with Crippen molar-refractivity contribution in [2.24, 2.45) is 11.5 Å². The van der Waals surface area contributed by atoms with Crippen LogP contribution in [0.1, 0.15) is 12.8 Å². The lowest BCUT2D eigenvalue weighted by molar-refractivity contribution is -0.122. The van der Waals surface area contributed by atoms with E-state index in [0.717, 1.165) is 0 Å². The molecule has 82 valence electrons. The molecule has 0 rings (SSSR count). The van der Waals surface area contributed by atoms with Crippen LogP contribution < -0.4 is 22.1 Å². The van der Waals surface area contributed by atoms with Crippen molar-refractivity contribution in [3.05, 3.63) is 0 Å². The van der Waals surface area contributed by atoms with Gasteiger partial charge in [0.15, 0.2) is 0 Å². The Morgan fingerprint density at radius 3 is 1.43 bits per heavy atom. The van der Waals surface area contributed by atoms with Crippen LogP contribution in [0.15, 0.2) is 0 Å². The molecule has 0 radical (unpaired) electrons. The largest absolute Gasteiger partial charge is 0.368 e. The van der Waals surface area contributed by atoms with Gasteiger partial charge in [-0.2, -0.15) is 0 Å². The minimum atomic E-state index is -0.424. The Labute approximate surface area is 83.4 Å². The lowest BCUT2D eigenvalue weighted by Crippen LogP contribution is -2.43. The van der Waals surface area contributed by atoms with Crippen LogP contribution in [0, 0.1) is 0 Å². The van der Waals surface area contributed by atoms with Gasteiger partial charge < -0.3 is 22.1 Å². The van der Waals surface area contributed by atoms with Gasteiger partial charge in [-0.25, -0.2) is 0 Å². The molecule has 0 aromatic rings. The first-order valence-corrected chi connectivity index (χ1v) is 4.46. The van der Waals surface area contributed by atoms with E-state index in [2.05, 4.69) is 10.6 Å². The molecule has 0 aromatic heterocycles. The molecule has 0 fully saturated rings. The number of hydrogen-bond acceptors (Lipinski definition) is 4. The van der Waals surface area contributed by atoms with Crippen molar-refractivity contribution in [1.29, 1.82) is 0 Å². The zero-order valence-electron chi connectivity index (χ0n) is 8.54. The summed E-state index contributed by atoms with van der Waals surface area (Å²) in [6, 6.07) is -0.824. The molecule has 6 heteroatoms. The van der Waals surface area contributed by atoms with Crippen LogP contribution in [-0.4, -0.2) is 38.0 Å². The van der Waals surface area contributed by atoms with E-state index in [0.29, 0.717) is 12.8 Å². The molecule has 0 aliphatic rings. The van der Waals surface area contributed by atoms with Crippen molar-refractivity contribution >= 4 is 11.8 Å². The maximum atomic E-state index is 10.8. The Hall–Kier alpha value is -1.14. The number of likely N-dealkylation sites (N-methyl/N-ethyl adjacent to an activating group) is 2. The molecule has 0 saturated heterocycles. The second kappa shape index (κ2) is 6.33. The molecule has 6 N–H and O–H groups in total. The van der Waals surface area contributed by atoms with Crippen LogP contribution in [0.5, 0.6) is 0 Å². The first-order chi connectivity index (χ1) is 6.52. The van der Waals surface area contributed by atoms with Crippen molar-refractivity contribution < 1.29 is 9.59 Å². The van der Waals surface area contributed by atoms with Crippen molar-refractivity contribution in [3.63, 3.8) is 0 Å².